The van der Waals surface area contributed by atoms with Crippen molar-refractivity contribution >= 4 is 5.97 Å². The van der Waals surface area contributed by atoms with Crippen LogP contribution < -0.4 is 0 Å². The van der Waals surface area contributed by atoms with Crippen molar-refractivity contribution in [3.05, 3.63) is 12.2 Å². The Morgan fingerprint density at radius 3 is 2.50 bits per heavy atom. The maximum Gasteiger partial charge on any atom is 0.310 e. The molecule has 12 heavy (non-hydrogen) atoms. The van der Waals surface area contributed by atoms with E-state index in [4.69, 9.17) is 4.74 Å². The van der Waals surface area contributed by atoms with Crippen molar-refractivity contribution in [1.29, 1.82) is 0 Å². The van der Waals surface area contributed by atoms with Crippen molar-refractivity contribution in [2.75, 3.05) is 0 Å². The van der Waals surface area contributed by atoms with E-state index in [1.54, 1.807) is 0 Å². The molecule has 0 aromatic rings. The van der Waals surface area contributed by atoms with Gasteiger partial charge in [0.05, 0.1) is 12.5 Å². The second-order valence-corrected chi connectivity index (χ2v) is 2.99. The predicted octanol–water partition coefficient (Wildman–Crippen LogP) is 2.68. The molecule has 0 rings (SSSR count). The van der Waals surface area contributed by atoms with Crippen molar-refractivity contribution in [3.63, 3.8) is 0 Å². The van der Waals surface area contributed by atoms with Gasteiger partial charge < -0.3 is 4.74 Å². The number of hydrogen-bond acceptors (Lipinski definition) is 2. The number of carbonyl (C=O) groups excluding carboxylic acids is 1. The summed E-state index contributed by atoms with van der Waals surface area (Å²) in [6.45, 7) is 9.62. The predicted molar refractivity (Wildman–Crippen MR) is 49.9 cm³/mol. The van der Waals surface area contributed by atoms with Crippen LogP contribution in [0.2, 0.25) is 0 Å². The lowest BCUT2D eigenvalue weighted by atomic mass is 10.2. The largest absolute Gasteiger partial charge is 0.462 e. The Labute approximate surface area is 74.6 Å². The van der Waals surface area contributed by atoms with Gasteiger partial charge in [-0.2, -0.15) is 0 Å². The van der Waals surface area contributed by atoms with Crippen LogP contribution in [0.4, 0.5) is 0 Å². The first-order chi connectivity index (χ1) is 5.60. The fourth-order valence-corrected chi connectivity index (χ4v) is 0.679. The van der Waals surface area contributed by atoms with E-state index in [9.17, 15) is 4.79 Å². The van der Waals surface area contributed by atoms with Crippen LogP contribution in [-0.2, 0) is 9.53 Å². The highest BCUT2D eigenvalue weighted by Gasteiger charge is 2.07. The Morgan fingerprint density at radius 1 is 1.50 bits per heavy atom. The average Bonchev–Trinajstić information content (AvgIpc) is 2.03. The van der Waals surface area contributed by atoms with Gasteiger partial charge in [0.25, 0.3) is 0 Å². The number of hydrogen-bond donors (Lipinski definition) is 0. The molecule has 0 saturated carbocycles. The highest BCUT2D eigenvalue weighted by atomic mass is 16.5. The lowest BCUT2D eigenvalue weighted by Gasteiger charge is -2.10. The number of carbonyl (C=O) groups is 1. The number of esters is 1. The minimum atomic E-state index is -0.156. The third-order valence-electron chi connectivity index (χ3n) is 1.80. The molecular formula is C10H18O2. The first kappa shape index (κ1) is 11.2. The summed E-state index contributed by atoms with van der Waals surface area (Å²) in [6, 6.07) is 0. The Morgan fingerprint density at radius 2 is 2.08 bits per heavy atom. The van der Waals surface area contributed by atoms with Crippen LogP contribution >= 0.6 is 0 Å². The van der Waals surface area contributed by atoms with Crippen molar-refractivity contribution in [2.24, 2.45) is 0 Å². The van der Waals surface area contributed by atoms with Crippen molar-refractivity contribution < 1.29 is 9.53 Å². The first-order valence-electron chi connectivity index (χ1n) is 4.46. The molecule has 0 aromatic carbocycles. The summed E-state index contributed by atoms with van der Waals surface area (Å²) in [7, 11) is 0. The van der Waals surface area contributed by atoms with Gasteiger partial charge in [-0.3, -0.25) is 4.79 Å². The van der Waals surface area contributed by atoms with E-state index in [0.717, 1.165) is 18.4 Å². The molecule has 1 unspecified atom stereocenters. The van der Waals surface area contributed by atoms with E-state index in [1.807, 2.05) is 20.8 Å². The monoisotopic (exact) mass is 170 g/mol. The summed E-state index contributed by atoms with van der Waals surface area (Å²) in [5.74, 6) is -0.156. The summed E-state index contributed by atoms with van der Waals surface area (Å²) in [5, 5.41) is 0. The molecule has 2 heteroatoms. The maximum atomic E-state index is 11.1. The third kappa shape index (κ3) is 4.94. The Bertz CT molecular complexity index is 161. The minimum absolute atomic E-state index is 0.0298. The molecule has 0 aliphatic carbocycles. The zero-order valence-electron chi connectivity index (χ0n) is 8.22. The summed E-state index contributed by atoms with van der Waals surface area (Å²) in [5.41, 5.74) is 0.934. The van der Waals surface area contributed by atoms with E-state index in [2.05, 4.69) is 6.58 Å². The standard InChI is InChI=1S/C10H18O2/c1-5-8(3)7-10(11)12-9(4)6-2/h9H,3,5-7H2,1-2,4H3. The van der Waals surface area contributed by atoms with Crippen molar-refractivity contribution in [1.82, 2.24) is 0 Å². The lowest BCUT2D eigenvalue weighted by molar-refractivity contribution is -0.147. The third-order valence-corrected chi connectivity index (χ3v) is 1.80. The molecule has 0 saturated heterocycles. The van der Waals surface area contributed by atoms with Gasteiger partial charge in [-0.05, 0) is 19.8 Å². The molecule has 0 aliphatic heterocycles. The van der Waals surface area contributed by atoms with Crippen LogP contribution in [0, 0.1) is 0 Å². The minimum Gasteiger partial charge on any atom is -0.462 e. The second-order valence-electron chi connectivity index (χ2n) is 2.99. The van der Waals surface area contributed by atoms with Gasteiger partial charge in [-0.15, -0.1) is 0 Å². The molecule has 0 amide bonds. The Kier molecular flexibility index (Phi) is 5.43. The molecule has 0 radical (unpaired) electrons. The van der Waals surface area contributed by atoms with Gasteiger partial charge in [-0.1, -0.05) is 26.0 Å². The maximum absolute atomic E-state index is 11.1. The van der Waals surface area contributed by atoms with Crippen LogP contribution in [0.3, 0.4) is 0 Å². The van der Waals surface area contributed by atoms with E-state index in [1.165, 1.54) is 0 Å². The smallest absolute Gasteiger partial charge is 0.310 e. The summed E-state index contributed by atoms with van der Waals surface area (Å²) in [4.78, 5) is 11.1. The average molecular weight is 170 g/mol. The molecule has 0 spiro atoms. The zero-order valence-corrected chi connectivity index (χ0v) is 8.22. The van der Waals surface area contributed by atoms with Gasteiger partial charge in [0.2, 0.25) is 0 Å². The second kappa shape index (κ2) is 5.81. The number of rotatable bonds is 5. The van der Waals surface area contributed by atoms with E-state index < -0.39 is 0 Å². The lowest BCUT2D eigenvalue weighted by Crippen LogP contribution is -2.13. The van der Waals surface area contributed by atoms with Crippen LogP contribution in [0.5, 0.6) is 0 Å². The number of ether oxygens (including phenoxy) is 1. The normalized spacial score (nSPS) is 12.2. The molecule has 0 aromatic heterocycles. The summed E-state index contributed by atoms with van der Waals surface area (Å²) in [6.07, 6.45) is 2.10. The highest BCUT2D eigenvalue weighted by molar-refractivity contribution is 5.72. The van der Waals surface area contributed by atoms with Crippen molar-refractivity contribution in [3.8, 4) is 0 Å². The molecule has 0 fully saturated rings. The SMILES string of the molecule is C=C(CC)CC(=O)OC(C)CC. The molecule has 0 bridgehead atoms. The van der Waals surface area contributed by atoms with Gasteiger partial charge in [0, 0.05) is 0 Å². The molecular weight excluding hydrogens is 152 g/mol. The van der Waals surface area contributed by atoms with Gasteiger partial charge in [-0.25, -0.2) is 0 Å². The van der Waals surface area contributed by atoms with Crippen LogP contribution in [-0.4, -0.2) is 12.1 Å². The van der Waals surface area contributed by atoms with Crippen LogP contribution in [0.25, 0.3) is 0 Å². The van der Waals surface area contributed by atoms with E-state index >= 15 is 0 Å². The summed E-state index contributed by atoms with van der Waals surface area (Å²) < 4.78 is 5.07. The molecule has 70 valence electrons. The molecule has 0 heterocycles. The molecule has 0 N–H and O–H groups in total. The van der Waals surface area contributed by atoms with Crippen LogP contribution in [0.1, 0.15) is 40.0 Å². The topological polar surface area (TPSA) is 26.3 Å². The van der Waals surface area contributed by atoms with E-state index in [0.29, 0.717) is 6.42 Å². The van der Waals surface area contributed by atoms with E-state index in [-0.39, 0.29) is 12.1 Å². The highest BCUT2D eigenvalue weighted by Crippen LogP contribution is 2.06. The molecule has 2 nitrogen and oxygen atoms in total. The Balaban J connectivity index is 3.66. The van der Waals surface area contributed by atoms with Gasteiger partial charge in [0.15, 0.2) is 0 Å². The summed E-state index contributed by atoms with van der Waals surface area (Å²) >= 11 is 0. The molecule has 1 atom stereocenters. The quantitative estimate of drug-likeness (QED) is 0.468. The Hall–Kier alpha value is -0.790. The fourth-order valence-electron chi connectivity index (χ4n) is 0.679. The van der Waals surface area contributed by atoms with Gasteiger partial charge >= 0.3 is 5.97 Å². The first-order valence-corrected chi connectivity index (χ1v) is 4.46. The van der Waals surface area contributed by atoms with Gasteiger partial charge in [0.1, 0.15) is 0 Å². The van der Waals surface area contributed by atoms with Crippen LogP contribution in [0.15, 0.2) is 12.2 Å². The fraction of sp³-hybridized carbons (Fsp3) is 0.700. The zero-order chi connectivity index (χ0) is 9.56. The molecule has 0 aliphatic rings. The van der Waals surface area contributed by atoms with Crippen molar-refractivity contribution in [2.45, 2.75) is 46.1 Å².